The zero-order valence-electron chi connectivity index (χ0n) is 51.3. The summed E-state index contributed by atoms with van der Waals surface area (Å²) in [7, 11) is -17.1. The van der Waals surface area contributed by atoms with Crippen molar-refractivity contribution in [1.82, 2.24) is 46.4 Å². The maximum absolute atomic E-state index is 13.1. The molecule has 3 aliphatic heterocycles. The van der Waals surface area contributed by atoms with Crippen LogP contribution in [-0.4, -0.2) is 224 Å². The van der Waals surface area contributed by atoms with Crippen molar-refractivity contribution in [2.45, 2.75) is 80.5 Å². The fourth-order valence-corrected chi connectivity index (χ4v) is 13.7. The van der Waals surface area contributed by atoms with Gasteiger partial charge in [-0.15, -0.1) is 0 Å². The van der Waals surface area contributed by atoms with Crippen molar-refractivity contribution in [2.24, 2.45) is 10.2 Å². The number of nitrogen functional groups attached to an aromatic ring is 1. The van der Waals surface area contributed by atoms with E-state index in [1.165, 1.54) is 17.0 Å². The molecule has 42 nitrogen and oxygen atoms in total. The molecule has 0 bridgehead atoms. The van der Waals surface area contributed by atoms with Crippen molar-refractivity contribution in [1.29, 1.82) is 0 Å². The molecule has 3 aromatic rings. The largest absolute Gasteiger partial charge is 0.491 e. The van der Waals surface area contributed by atoms with Gasteiger partial charge in [-0.05, 0) is 48.0 Å². The van der Waals surface area contributed by atoms with Crippen LogP contribution in [0.2, 0.25) is 0 Å². The van der Waals surface area contributed by atoms with Crippen LogP contribution in [0.5, 0.6) is 5.75 Å². The number of fused-ring (bicyclic) bond motifs is 2. The van der Waals surface area contributed by atoms with E-state index in [2.05, 4.69) is 82.5 Å². The molecule has 6 amide bonds. The van der Waals surface area contributed by atoms with E-state index in [1.807, 2.05) is 11.8 Å². The van der Waals surface area contributed by atoms with Crippen molar-refractivity contribution >= 4 is 82.0 Å². The number of hydrogen-bond acceptors (Lipinski definition) is 26. The standard InChI is InChI=1S/C50H74N17O25P3S/c51-49-61-46-45(48(72)62-49)66(32-67(46)43-26-36(88-31-58-64-52)37(90-43)27-89-94(77,78)92-95(79,80)91-93(74,75)76)14-4-10-54-41(70)28-85-23-24-86-42(63-65-53)29-87-34-6-3-5-33(25-34)47(71)57-12-11-55-40(69)9-15-81-17-19-83-21-22-84-20-18-82-16-13-56-39(68)8-2-1-7-38-44-35(30-96-38)59-50(73)60-44/h3,5-6,25,32,35-38,42-44H,1-2,7-13,15-24,26-31H2,(H12-,51,54,55,56,57,59,60,61,62,68,69,70,71,72,73,74,75,76,77,78,79,80)/p+1/t35?,36-,37?,38?,42?,43?,44?/m1/s1. The van der Waals surface area contributed by atoms with Crippen molar-refractivity contribution in [2.75, 3.05) is 130 Å². The number of urea groups is 1. The number of nitrogens with zero attached hydrogens (tertiary/aromatic N) is 9. The summed E-state index contributed by atoms with van der Waals surface area (Å²) in [6.07, 6.45) is -0.493. The predicted octanol–water partition coefficient (Wildman–Crippen LogP) is -0.304. The molecule has 8 unspecified atom stereocenters. The molecule has 0 saturated carbocycles. The number of rotatable bonds is 46. The van der Waals surface area contributed by atoms with Crippen LogP contribution >= 0.6 is 35.2 Å². The van der Waals surface area contributed by atoms with Gasteiger partial charge in [0.25, 0.3) is 22.9 Å². The number of benzene rings is 1. The van der Waals surface area contributed by atoms with E-state index < -0.39 is 85.5 Å². The Morgan fingerprint density at radius 2 is 1.56 bits per heavy atom. The number of aromatic nitrogens is 4. The summed E-state index contributed by atoms with van der Waals surface area (Å²) < 4.78 is 99.9. The van der Waals surface area contributed by atoms with Crippen LogP contribution in [0.3, 0.4) is 0 Å². The number of nitrogens with one attached hydrogen (secondary N) is 7. The van der Waals surface area contributed by atoms with Gasteiger partial charge >= 0.3 is 35.1 Å². The van der Waals surface area contributed by atoms with Gasteiger partial charge in [0.15, 0.2) is 12.5 Å². The maximum atomic E-state index is 13.1. The highest BCUT2D eigenvalue weighted by Gasteiger charge is 2.46. The molecule has 3 aliphatic rings. The molecular formula is C50H75N17O25P3S+. The van der Waals surface area contributed by atoms with Crippen LogP contribution in [0.4, 0.5) is 10.7 Å². The van der Waals surface area contributed by atoms with Gasteiger partial charge in [-0.2, -0.15) is 25.0 Å². The Kier molecular flexibility index (Phi) is 33.0. The third kappa shape index (κ3) is 28.6. The van der Waals surface area contributed by atoms with Crippen LogP contribution in [0.15, 0.2) is 45.6 Å². The normalized spacial score (nSPS) is 19.6. The number of azide groups is 2. The van der Waals surface area contributed by atoms with E-state index in [4.69, 9.17) is 73.7 Å². The number of carbonyl (C=O) groups excluding carboxylic acids is 5. The van der Waals surface area contributed by atoms with Gasteiger partial charge in [-0.1, -0.05) is 27.7 Å². The van der Waals surface area contributed by atoms with E-state index in [1.54, 1.807) is 18.2 Å². The lowest BCUT2D eigenvalue weighted by Gasteiger charge is -2.20. The number of ether oxygens (including phenoxy) is 9. The Labute approximate surface area is 550 Å². The van der Waals surface area contributed by atoms with E-state index in [0.29, 0.717) is 57.9 Å². The zero-order valence-corrected chi connectivity index (χ0v) is 54.8. The molecule has 1 aromatic carbocycles. The molecule has 3 fully saturated rings. The van der Waals surface area contributed by atoms with E-state index in [9.17, 15) is 52.2 Å². The minimum Gasteiger partial charge on any atom is -0.491 e. The van der Waals surface area contributed by atoms with Gasteiger partial charge in [0.2, 0.25) is 24.0 Å². The number of anilines is 1. The molecule has 2 aromatic heterocycles. The van der Waals surface area contributed by atoms with E-state index in [0.717, 1.165) is 29.6 Å². The number of amides is 6. The topological polar surface area (TPSA) is 579 Å². The number of aromatic amines is 1. The Balaban J connectivity index is 0.778. The molecule has 530 valence electrons. The molecule has 6 rings (SSSR count). The number of hydrogen-bond donors (Lipinski definition) is 12. The second-order valence-electron chi connectivity index (χ2n) is 20.3. The van der Waals surface area contributed by atoms with Crippen molar-refractivity contribution in [3.8, 4) is 17.7 Å². The highest BCUT2D eigenvalue weighted by atomic mass is 32.2. The van der Waals surface area contributed by atoms with Crippen molar-refractivity contribution in [3.05, 3.63) is 67.4 Å². The average molecular weight is 1440 g/mol. The number of phosphoric ester groups is 1. The van der Waals surface area contributed by atoms with Crippen LogP contribution in [0, 0.1) is 12.0 Å². The zero-order chi connectivity index (χ0) is 69.4. The Hall–Kier alpha value is -7.06. The summed E-state index contributed by atoms with van der Waals surface area (Å²) in [4.78, 5) is 123. The highest BCUT2D eigenvalue weighted by molar-refractivity contribution is 8.00. The fourth-order valence-electron chi connectivity index (χ4n) is 9.14. The summed E-state index contributed by atoms with van der Waals surface area (Å²) in [5.74, 6) is 2.14. The van der Waals surface area contributed by atoms with Crippen LogP contribution in [0.25, 0.3) is 32.0 Å². The van der Waals surface area contributed by atoms with Crippen LogP contribution in [-0.2, 0) is 79.1 Å². The third-order valence-electron chi connectivity index (χ3n) is 13.3. The smallest absolute Gasteiger partial charge is 0.490 e. The molecule has 5 heterocycles. The molecular weight excluding hydrogens is 1360 g/mol. The first-order valence-corrected chi connectivity index (χ1v) is 35.0. The molecule has 46 heteroatoms. The molecule has 0 radical (unpaired) electrons. The van der Waals surface area contributed by atoms with Gasteiger partial charge < -0.3 is 99.8 Å². The first-order chi connectivity index (χ1) is 46.0. The van der Waals surface area contributed by atoms with Crippen molar-refractivity contribution in [3.63, 3.8) is 0 Å². The van der Waals surface area contributed by atoms with Crippen molar-refractivity contribution < 1.29 is 118 Å². The van der Waals surface area contributed by atoms with Crippen LogP contribution in [0.1, 0.15) is 55.1 Å². The summed E-state index contributed by atoms with van der Waals surface area (Å²) in [5.41, 5.74) is 22.9. The Morgan fingerprint density at radius 1 is 0.854 bits per heavy atom. The summed E-state index contributed by atoms with van der Waals surface area (Å²) in [6, 6.07) is 9.08. The summed E-state index contributed by atoms with van der Waals surface area (Å²) in [5, 5.41) is 23.9. The van der Waals surface area contributed by atoms with Gasteiger partial charge in [0, 0.05) is 65.3 Å². The van der Waals surface area contributed by atoms with Gasteiger partial charge in [0.05, 0.1) is 103 Å². The second-order valence-corrected chi connectivity index (χ2v) is 26.0. The van der Waals surface area contributed by atoms with Crippen LogP contribution < -0.4 is 52.5 Å². The monoisotopic (exact) mass is 1440 g/mol. The minimum absolute atomic E-state index is 0.0124. The Morgan fingerprint density at radius 3 is 2.30 bits per heavy atom. The molecule has 0 spiro atoms. The number of imidazole rings is 1. The highest BCUT2D eigenvalue weighted by Crippen LogP contribution is 2.66. The Bertz CT molecular complexity index is 3460. The number of phosphoric acid groups is 3. The molecule has 96 heavy (non-hydrogen) atoms. The quantitative estimate of drug-likeness (QED) is 0.00505. The number of nitrogens with two attached hydrogens (primary N) is 1. The molecule has 9 atom stereocenters. The molecule has 3 saturated heterocycles. The lowest BCUT2D eigenvalue weighted by atomic mass is 10.0. The molecule has 13 N–H and O–H groups in total. The van der Waals surface area contributed by atoms with Gasteiger partial charge in [-0.25, -0.2) is 23.1 Å². The summed E-state index contributed by atoms with van der Waals surface area (Å²) >= 11 is 1.87. The van der Waals surface area contributed by atoms with E-state index in [-0.39, 0.29) is 124 Å². The fraction of sp³-hybridized carbons (Fsp3) is 0.640. The number of unbranched alkanes of at least 4 members (excludes halogenated alkanes) is 1. The lowest BCUT2D eigenvalue weighted by molar-refractivity contribution is -0.738. The SMILES string of the molecule is [N-]=[N+]=NCO[C@@H]1CC([n+]2cn(C#CCNC(=O)COCCOC(COc3cccc(C(=O)NCCNC(=O)CCOCCOCCOCCOCCNC(=O)CCCCC4SCC5NC(=O)NC54)c3)N=[N+]=[N-])c3c(=O)[nH]c(N)nc32)OC1COP(=O)(O)OP(=O)(O)OP(=O)(O)O. The molecule has 0 aliphatic carbocycles. The number of carbonyl (C=O) groups is 5. The number of thioether (sulfide) groups is 1. The first kappa shape index (κ1) is 77.9. The van der Waals surface area contributed by atoms with E-state index >= 15 is 0 Å². The third-order valence-corrected chi connectivity index (χ3v) is 18.6. The average Bonchev–Trinajstić information content (AvgIpc) is 1.61. The first-order valence-electron chi connectivity index (χ1n) is 29.4. The maximum Gasteiger partial charge on any atom is 0.490 e. The number of H-pyrrole nitrogens is 1. The lowest BCUT2D eigenvalue weighted by Crippen LogP contribution is -2.39. The summed E-state index contributed by atoms with van der Waals surface area (Å²) in [6.45, 7) is 0.426. The second kappa shape index (κ2) is 40.6. The van der Waals surface area contributed by atoms with Gasteiger partial charge in [-0.3, -0.25) is 33.5 Å². The van der Waals surface area contributed by atoms with Gasteiger partial charge in [0.1, 0.15) is 31.8 Å². The predicted molar refractivity (Wildman–Crippen MR) is 330 cm³/mol. The minimum atomic E-state index is -5.86.